The van der Waals surface area contributed by atoms with Crippen molar-refractivity contribution in [2.45, 2.75) is 6.18 Å². The van der Waals surface area contributed by atoms with Gasteiger partial charge in [0, 0.05) is 6.07 Å². The van der Waals surface area contributed by atoms with E-state index in [4.69, 9.17) is 16.8 Å². The van der Waals surface area contributed by atoms with E-state index in [0.717, 1.165) is 13.2 Å². The zero-order valence-corrected chi connectivity index (χ0v) is 8.36. The molecule has 1 aromatic carbocycles. The van der Waals surface area contributed by atoms with Gasteiger partial charge in [-0.2, -0.15) is 18.7 Å². The van der Waals surface area contributed by atoms with Crippen molar-refractivity contribution in [1.29, 1.82) is 0 Å². The number of benzene rings is 1. The first-order valence-electron chi connectivity index (χ1n) is 3.83. The molecule has 0 atom stereocenters. The van der Waals surface area contributed by atoms with Gasteiger partial charge < -0.3 is 4.74 Å². The van der Waals surface area contributed by atoms with E-state index in [0.29, 0.717) is 5.48 Å². The van der Waals surface area contributed by atoms with E-state index in [1.165, 1.54) is 6.07 Å². The van der Waals surface area contributed by atoms with Gasteiger partial charge >= 0.3 is 6.18 Å². The van der Waals surface area contributed by atoms with Crippen molar-refractivity contribution in [3.8, 4) is 5.75 Å². The molecule has 0 bridgehead atoms. The Morgan fingerprint density at radius 1 is 1.40 bits per heavy atom. The molecule has 0 aliphatic rings. The Kier molecular flexibility index (Phi) is 3.43. The molecule has 1 rings (SSSR count). The Bertz CT molecular complexity index is 368. The second-order valence-electron chi connectivity index (χ2n) is 2.67. The molecule has 84 valence electrons. The van der Waals surface area contributed by atoms with Gasteiger partial charge in [0.1, 0.15) is 5.56 Å². The molecule has 0 unspecified atom stereocenters. The Labute approximate surface area is 88.4 Å². The molecular formula is C8H8ClF3NO2+. The van der Waals surface area contributed by atoms with Gasteiger partial charge in [-0.15, -0.1) is 0 Å². The highest BCUT2D eigenvalue weighted by Crippen LogP contribution is 2.43. The van der Waals surface area contributed by atoms with Gasteiger partial charge in [0.05, 0.1) is 12.1 Å². The highest BCUT2D eigenvalue weighted by Gasteiger charge is 2.39. The number of quaternary nitrogens is 1. The number of hydrogen-bond acceptors (Lipinski definition) is 2. The lowest BCUT2D eigenvalue weighted by molar-refractivity contribution is -0.826. The van der Waals surface area contributed by atoms with Gasteiger partial charge in [0.2, 0.25) is 5.69 Å². The molecule has 0 fully saturated rings. The van der Waals surface area contributed by atoms with Crippen LogP contribution < -0.4 is 10.2 Å². The predicted molar refractivity (Wildman–Crippen MR) is 46.4 cm³/mol. The van der Waals surface area contributed by atoms with Gasteiger partial charge in [-0.3, -0.25) is 0 Å². The molecule has 3 nitrogen and oxygen atoms in total. The molecular weight excluding hydrogens is 235 g/mol. The predicted octanol–water partition coefficient (Wildman–Crippen LogP) is 1.95. The zero-order valence-electron chi connectivity index (χ0n) is 7.60. The average Bonchev–Trinajstić information content (AvgIpc) is 2.15. The van der Waals surface area contributed by atoms with Gasteiger partial charge in [-0.25, -0.2) is 5.21 Å². The second kappa shape index (κ2) is 4.26. The lowest BCUT2D eigenvalue weighted by Crippen LogP contribution is -2.73. The topological polar surface area (TPSA) is 46.1 Å². The van der Waals surface area contributed by atoms with Gasteiger partial charge in [0.25, 0.3) is 0 Å². The van der Waals surface area contributed by atoms with Crippen LogP contribution in [0.5, 0.6) is 5.75 Å². The molecule has 7 heteroatoms. The van der Waals surface area contributed by atoms with Crippen LogP contribution in [0.3, 0.4) is 0 Å². The molecule has 0 saturated heterocycles. The van der Waals surface area contributed by atoms with Crippen molar-refractivity contribution in [1.82, 2.24) is 0 Å². The molecule has 0 saturated carbocycles. The quantitative estimate of drug-likeness (QED) is 0.615. The maximum Gasteiger partial charge on any atom is 0.421 e. The van der Waals surface area contributed by atoms with Crippen molar-refractivity contribution in [2.24, 2.45) is 0 Å². The van der Waals surface area contributed by atoms with Crippen LogP contribution in [0.25, 0.3) is 0 Å². The van der Waals surface area contributed by atoms with Gasteiger partial charge in [-0.05, 0) is 6.07 Å². The summed E-state index contributed by atoms with van der Waals surface area (Å²) >= 11 is 5.43. The molecule has 0 aliphatic heterocycles. The number of nitrogens with two attached hydrogens (primary N) is 1. The summed E-state index contributed by atoms with van der Waals surface area (Å²) in [6, 6.07) is 2.28. The first-order chi connectivity index (χ1) is 6.91. The van der Waals surface area contributed by atoms with Crippen molar-refractivity contribution >= 4 is 17.3 Å². The summed E-state index contributed by atoms with van der Waals surface area (Å²) in [5.41, 5.74) is -0.631. The lowest BCUT2D eigenvalue weighted by Gasteiger charge is -2.13. The third-order valence-electron chi connectivity index (χ3n) is 1.76. The van der Waals surface area contributed by atoms with Crippen LogP contribution >= 0.6 is 11.6 Å². The van der Waals surface area contributed by atoms with E-state index in [1.54, 1.807) is 0 Å². The second-order valence-corrected chi connectivity index (χ2v) is 3.08. The first kappa shape index (κ1) is 12.1. The fraction of sp³-hybridized carbons (Fsp3) is 0.250. The van der Waals surface area contributed by atoms with Crippen molar-refractivity contribution in [3.05, 3.63) is 22.7 Å². The van der Waals surface area contributed by atoms with E-state index in [-0.39, 0.29) is 5.69 Å². The van der Waals surface area contributed by atoms with Crippen LogP contribution in [0.2, 0.25) is 5.02 Å². The number of rotatable bonds is 2. The summed E-state index contributed by atoms with van der Waals surface area (Å²) in [5, 5.41) is 8.25. The third-order valence-corrected chi connectivity index (χ3v) is 2.08. The largest absolute Gasteiger partial charge is 0.490 e. The minimum Gasteiger partial charge on any atom is -0.490 e. The van der Waals surface area contributed by atoms with Gasteiger partial charge in [0.15, 0.2) is 5.75 Å². The summed E-state index contributed by atoms with van der Waals surface area (Å²) in [5.74, 6) is -0.488. The maximum atomic E-state index is 12.6. The fourth-order valence-electron chi connectivity index (χ4n) is 1.16. The smallest absolute Gasteiger partial charge is 0.421 e. The zero-order chi connectivity index (χ0) is 11.6. The Morgan fingerprint density at radius 3 is 2.40 bits per heavy atom. The highest BCUT2D eigenvalue weighted by molar-refractivity contribution is 6.31. The first-order valence-corrected chi connectivity index (χ1v) is 4.20. The number of alkyl halides is 3. The summed E-state index contributed by atoms with van der Waals surface area (Å²) in [6.45, 7) is 0. The summed E-state index contributed by atoms with van der Waals surface area (Å²) in [6.07, 6.45) is -4.62. The van der Waals surface area contributed by atoms with E-state index >= 15 is 0 Å². The summed E-state index contributed by atoms with van der Waals surface area (Å²) in [4.78, 5) is 0. The Balaban J connectivity index is 3.46. The molecule has 0 aliphatic carbocycles. The molecule has 3 N–H and O–H groups in total. The van der Waals surface area contributed by atoms with E-state index < -0.39 is 22.5 Å². The number of hydrogen-bond donors (Lipinski definition) is 2. The molecule has 1 aromatic rings. The number of ether oxygens (including phenoxy) is 1. The van der Waals surface area contributed by atoms with Crippen molar-refractivity contribution in [3.63, 3.8) is 0 Å². The minimum atomic E-state index is -4.62. The van der Waals surface area contributed by atoms with Crippen LogP contribution in [0.15, 0.2) is 12.1 Å². The van der Waals surface area contributed by atoms with E-state index in [9.17, 15) is 13.2 Å². The van der Waals surface area contributed by atoms with Crippen LogP contribution in [0.4, 0.5) is 18.9 Å². The Morgan fingerprint density at radius 2 is 2.00 bits per heavy atom. The van der Waals surface area contributed by atoms with Crippen LogP contribution in [0, 0.1) is 0 Å². The fourth-order valence-corrected chi connectivity index (χ4v) is 1.42. The SMILES string of the molecule is COc1c([NH2+]O)ccc(Cl)c1C(F)(F)F. The van der Waals surface area contributed by atoms with E-state index in [2.05, 4.69) is 4.74 Å². The summed E-state index contributed by atoms with van der Waals surface area (Å²) in [7, 11) is 1.08. The maximum absolute atomic E-state index is 12.6. The monoisotopic (exact) mass is 242 g/mol. The molecule has 0 aromatic heterocycles. The highest BCUT2D eigenvalue weighted by atomic mass is 35.5. The Hall–Kier alpha value is -0.980. The lowest BCUT2D eigenvalue weighted by atomic mass is 10.1. The van der Waals surface area contributed by atoms with Crippen LogP contribution in [-0.4, -0.2) is 12.3 Å². The number of methoxy groups -OCH3 is 1. The van der Waals surface area contributed by atoms with Crippen LogP contribution in [-0.2, 0) is 6.18 Å². The summed E-state index contributed by atoms with van der Waals surface area (Å²) < 4.78 is 42.2. The molecule has 15 heavy (non-hydrogen) atoms. The van der Waals surface area contributed by atoms with Gasteiger partial charge in [-0.1, -0.05) is 11.6 Å². The molecule has 0 heterocycles. The normalized spacial score (nSPS) is 11.6. The van der Waals surface area contributed by atoms with Crippen LogP contribution in [0.1, 0.15) is 5.56 Å². The van der Waals surface area contributed by atoms with Crippen molar-refractivity contribution in [2.75, 3.05) is 7.11 Å². The van der Waals surface area contributed by atoms with Crippen molar-refractivity contribution < 1.29 is 28.6 Å². The average molecular weight is 243 g/mol. The molecule has 0 spiro atoms. The minimum absolute atomic E-state index is 0.0748. The molecule has 0 radical (unpaired) electrons. The standard InChI is InChI=1S/C8H7ClF3NO2/c1-15-7-5(13-14)3-2-4(9)6(7)8(10,11)12/h2-3,13-14H,1H3/p+1. The number of halogens is 4. The third kappa shape index (κ3) is 2.34. The van der Waals surface area contributed by atoms with E-state index in [1.807, 2.05) is 0 Å². The molecule has 0 amide bonds.